The Labute approximate surface area is 122 Å². The zero-order chi connectivity index (χ0) is 12.3. The third-order valence-electron chi connectivity index (χ3n) is 3.06. The first-order valence-corrected chi connectivity index (χ1v) is 6.75. The fourth-order valence-electron chi connectivity index (χ4n) is 2.18. The molecule has 5 heteroatoms. The van der Waals surface area contributed by atoms with Crippen LogP contribution in [0.1, 0.15) is 18.4 Å². The number of rotatable bonds is 4. The second-order valence-corrected chi connectivity index (χ2v) is 5.19. The first-order chi connectivity index (χ1) is 8.22. The van der Waals surface area contributed by atoms with E-state index in [1.165, 1.54) is 5.56 Å². The summed E-state index contributed by atoms with van der Waals surface area (Å²) in [5.74, 6) is 0.237. The van der Waals surface area contributed by atoms with Gasteiger partial charge in [-0.15, -0.1) is 12.4 Å². The van der Waals surface area contributed by atoms with Crippen LogP contribution in [0, 0.1) is 0 Å². The van der Waals surface area contributed by atoms with E-state index in [4.69, 9.17) is 0 Å². The molecule has 1 aliphatic rings. The van der Waals surface area contributed by atoms with Crippen molar-refractivity contribution in [3.63, 3.8) is 0 Å². The molecule has 2 rings (SSSR count). The molecule has 0 spiro atoms. The molecular formula is C13H18BrClN2O. The number of nitrogens with zero attached hydrogens (tertiary/aromatic N) is 1. The fourth-order valence-corrected chi connectivity index (χ4v) is 2.59. The molecule has 3 nitrogen and oxygen atoms in total. The van der Waals surface area contributed by atoms with Crippen LogP contribution in [-0.4, -0.2) is 26.0 Å². The van der Waals surface area contributed by atoms with Gasteiger partial charge in [-0.2, -0.15) is 0 Å². The average Bonchev–Trinajstić information content (AvgIpc) is 2.72. The zero-order valence-corrected chi connectivity index (χ0v) is 12.8. The number of amides is 1. The number of hydrogen-bond acceptors (Lipinski definition) is 2. The minimum Gasteiger partial charge on any atom is -0.320 e. The van der Waals surface area contributed by atoms with Crippen LogP contribution in [0.25, 0.3) is 0 Å². The van der Waals surface area contributed by atoms with Crippen molar-refractivity contribution in [1.29, 1.82) is 0 Å². The lowest BCUT2D eigenvalue weighted by atomic mass is 10.2. The molecule has 0 fully saturated rings. The molecule has 18 heavy (non-hydrogen) atoms. The lowest BCUT2D eigenvalue weighted by Crippen LogP contribution is -2.29. The second kappa shape index (κ2) is 7.12. The Morgan fingerprint density at radius 1 is 1.50 bits per heavy atom. The number of anilines is 1. The van der Waals surface area contributed by atoms with E-state index in [2.05, 4.69) is 27.3 Å². The maximum atomic E-state index is 12.1. The van der Waals surface area contributed by atoms with Gasteiger partial charge in [-0.25, -0.2) is 0 Å². The summed E-state index contributed by atoms with van der Waals surface area (Å²) in [6, 6.07) is 6.14. The summed E-state index contributed by atoms with van der Waals surface area (Å²) in [5, 5.41) is 3.06. The summed E-state index contributed by atoms with van der Waals surface area (Å²) >= 11 is 3.46. The highest BCUT2D eigenvalue weighted by Gasteiger charge is 2.23. The number of carbonyl (C=O) groups excluding carboxylic acids is 1. The van der Waals surface area contributed by atoms with Crippen molar-refractivity contribution in [3.8, 4) is 0 Å². The maximum Gasteiger partial charge on any atom is 0.227 e. The molecule has 1 aliphatic heterocycles. The molecule has 0 aliphatic carbocycles. The summed E-state index contributed by atoms with van der Waals surface area (Å²) in [5.41, 5.74) is 2.35. The van der Waals surface area contributed by atoms with E-state index >= 15 is 0 Å². The smallest absolute Gasteiger partial charge is 0.227 e. The summed E-state index contributed by atoms with van der Waals surface area (Å²) in [7, 11) is 1.91. The van der Waals surface area contributed by atoms with Crippen LogP contribution in [0.15, 0.2) is 22.7 Å². The molecule has 0 aromatic heterocycles. The first-order valence-electron chi connectivity index (χ1n) is 5.96. The first kappa shape index (κ1) is 15.5. The number of nitrogens with one attached hydrogen (secondary N) is 1. The lowest BCUT2D eigenvalue weighted by molar-refractivity contribution is -0.118. The van der Waals surface area contributed by atoms with Crippen molar-refractivity contribution in [2.45, 2.75) is 19.3 Å². The van der Waals surface area contributed by atoms with Crippen molar-refractivity contribution in [1.82, 2.24) is 5.32 Å². The van der Waals surface area contributed by atoms with Gasteiger partial charge in [0.15, 0.2) is 0 Å². The predicted octanol–water partition coefficient (Wildman–Crippen LogP) is 2.76. The topological polar surface area (TPSA) is 32.3 Å². The highest BCUT2D eigenvalue weighted by molar-refractivity contribution is 9.10. The van der Waals surface area contributed by atoms with E-state index < -0.39 is 0 Å². The van der Waals surface area contributed by atoms with E-state index in [-0.39, 0.29) is 18.3 Å². The molecule has 1 heterocycles. The summed E-state index contributed by atoms with van der Waals surface area (Å²) in [6.45, 7) is 1.72. The third-order valence-corrected chi connectivity index (χ3v) is 3.55. The quantitative estimate of drug-likeness (QED) is 0.859. The number of halogens is 2. The molecule has 0 radical (unpaired) electrons. The monoisotopic (exact) mass is 332 g/mol. The van der Waals surface area contributed by atoms with Crippen LogP contribution in [0.5, 0.6) is 0 Å². The van der Waals surface area contributed by atoms with Gasteiger partial charge in [-0.1, -0.05) is 15.9 Å². The van der Waals surface area contributed by atoms with Crippen LogP contribution in [0.4, 0.5) is 5.69 Å². The van der Waals surface area contributed by atoms with Gasteiger partial charge in [0.05, 0.1) is 0 Å². The summed E-state index contributed by atoms with van der Waals surface area (Å²) < 4.78 is 1.08. The van der Waals surface area contributed by atoms with Gasteiger partial charge in [0.25, 0.3) is 0 Å². The Morgan fingerprint density at radius 3 is 3.00 bits per heavy atom. The highest BCUT2D eigenvalue weighted by atomic mass is 79.9. The van der Waals surface area contributed by atoms with Gasteiger partial charge in [0, 0.05) is 23.1 Å². The molecule has 1 amide bonds. The maximum absolute atomic E-state index is 12.1. The molecule has 0 atom stereocenters. The SMILES string of the molecule is CNCCCC(=O)N1CCc2cc(Br)ccc21.Cl. The predicted molar refractivity (Wildman–Crippen MR) is 80.6 cm³/mol. The molecule has 1 N–H and O–H groups in total. The Bertz CT molecular complexity index is 425. The van der Waals surface area contributed by atoms with Crippen molar-refractivity contribution in [2.24, 2.45) is 0 Å². The number of carbonyl (C=O) groups is 1. The van der Waals surface area contributed by atoms with Gasteiger partial charge < -0.3 is 10.2 Å². The largest absolute Gasteiger partial charge is 0.320 e. The molecule has 0 unspecified atom stereocenters. The fraction of sp³-hybridized carbons (Fsp3) is 0.462. The molecule has 0 saturated carbocycles. The summed E-state index contributed by atoms with van der Waals surface area (Å²) in [4.78, 5) is 14.0. The molecular weight excluding hydrogens is 316 g/mol. The zero-order valence-electron chi connectivity index (χ0n) is 10.4. The number of fused-ring (bicyclic) bond motifs is 1. The van der Waals surface area contributed by atoms with Gasteiger partial charge in [-0.05, 0) is 50.2 Å². The van der Waals surface area contributed by atoms with Gasteiger partial charge in [0.1, 0.15) is 0 Å². The average molecular weight is 334 g/mol. The van der Waals surface area contributed by atoms with E-state index in [1.54, 1.807) is 0 Å². The standard InChI is InChI=1S/C13H17BrN2O.ClH/c1-15-7-2-3-13(17)16-8-6-10-9-11(14)4-5-12(10)16;/h4-5,9,15H,2-3,6-8H2,1H3;1H. The Morgan fingerprint density at radius 2 is 2.28 bits per heavy atom. The molecule has 1 aromatic rings. The van der Waals surface area contributed by atoms with E-state index in [9.17, 15) is 4.79 Å². The van der Waals surface area contributed by atoms with Crippen LogP contribution < -0.4 is 10.2 Å². The molecule has 0 bridgehead atoms. The number of benzene rings is 1. The van der Waals surface area contributed by atoms with Crippen molar-refractivity contribution in [2.75, 3.05) is 25.0 Å². The van der Waals surface area contributed by atoms with Crippen LogP contribution in [-0.2, 0) is 11.2 Å². The molecule has 1 aromatic carbocycles. The van der Waals surface area contributed by atoms with Crippen molar-refractivity contribution >= 4 is 39.9 Å². The van der Waals surface area contributed by atoms with Gasteiger partial charge in [-0.3, -0.25) is 4.79 Å². The lowest BCUT2D eigenvalue weighted by Gasteiger charge is -2.17. The van der Waals surface area contributed by atoms with Gasteiger partial charge in [0.2, 0.25) is 5.91 Å². The highest BCUT2D eigenvalue weighted by Crippen LogP contribution is 2.30. The summed E-state index contributed by atoms with van der Waals surface area (Å²) in [6.07, 6.45) is 2.49. The number of hydrogen-bond donors (Lipinski definition) is 1. The van der Waals surface area contributed by atoms with E-state index in [0.717, 1.165) is 36.1 Å². The Kier molecular flexibility index (Phi) is 6.12. The van der Waals surface area contributed by atoms with Crippen LogP contribution in [0.3, 0.4) is 0 Å². The van der Waals surface area contributed by atoms with Gasteiger partial charge >= 0.3 is 0 Å². The van der Waals surface area contributed by atoms with E-state index in [1.807, 2.05) is 24.1 Å². The Balaban J connectivity index is 0.00000162. The van der Waals surface area contributed by atoms with Crippen LogP contribution in [0.2, 0.25) is 0 Å². The second-order valence-electron chi connectivity index (χ2n) is 4.28. The van der Waals surface area contributed by atoms with E-state index in [0.29, 0.717) is 6.42 Å². The minimum atomic E-state index is 0. The third kappa shape index (κ3) is 3.46. The normalized spacial score (nSPS) is 13.1. The Hall–Kier alpha value is -0.580. The van der Waals surface area contributed by atoms with Crippen molar-refractivity contribution in [3.05, 3.63) is 28.2 Å². The van der Waals surface area contributed by atoms with Crippen molar-refractivity contribution < 1.29 is 4.79 Å². The molecule has 0 saturated heterocycles. The molecule has 100 valence electrons. The van der Waals surface area contributed by atoms with Crippen LogP contribution >= 0.6 is 28.3 Å². The minimum absolute atomic E-state index is 0.